The van der Waals surface area contributed by atoms with Crippen molar-refractivity contribution in [1.82, 2.24) is 10.2 Å². The average molecular weight is 399 g/mol. The second-order valence-corrected chi connectivity index (χ2v) is 7.04. The Morgan fingerprint density at radius 3 is 2.77 bits per heavy atom. The molecular formula is C18H20ClFN2O3S. The van der Waals surface area contributed by atoms with Gasteiger partial charge in [0.05, 0.1) is 18.2 Å². The van der Waals surface area contributed by atoms with Gasteiger partial charge in [-0.05, 0) is 44.1 Å². The van der Waals surface area contributed by atoms with Crippen molar-refractivity contribution in [3.63, 3.8) is 0 Å². The first kappa shape index (κ1) is 19.1. The molecule has 1 aromatic carbocycles. The number of nitrogens with zero attached hydrogens (tertiary/aromatic N) is 1. The lowest BCUT2D eigenvalue weighted by molar-refractivity contribution is -0.140. The molecule has 5 nitrogen and oxygen atoms in total. The number of thiocarbonyl (C=S) groups is 1. The fraction of sp³-hybridized carbons (Fsp3) is 0.444. The summed E-state index contributed by atoms with van der Waals surface area (Å²) in [7, 11) is 1.52. The number of carbonyl (C=O) groups excluding carboxylic acids is 1. The molecule has 140 valence electrons. The van der Waals surface area contributed by atoms with Crippen molar-refractivity contribution in [3.8, 4) is 0 Å². The Labute approximate surface area is 162 Å². The van der Waals surface area contributed by atoms with Crippen LogP contribution in [0.2, 0.25) is 5.02 Å². The van der Waals surface area contributed by atoms with Crippen LogP contribution in [0.15, 0.2) is 29.5 Å². The summed E-state index contributed by atoms with van der Waals surface area (Å²) in [6, 6.07) is 3.87. The lowest BCUT2D eigenvalue weighted by atomic mass is 9.94. The fourth-order valence-corrected chi connectivity index (χ4v) is 3.77. The Balaban J connectivity index is 2.03. The predicted molar refractivity (Wildman–Crippen MR) is 100 cm³/mol. The minimum absolute atomic E-state index is 0.109. The molecule has 3 rings (SSSR count). The number of nitrogens with one attached hydrogen (secondary N) is 1. The monoisotopic (exact) mass is 398 g/mol. The largest absolute Gasteiger partial charge is 0.460 e. The molecule has 1 aromatic rings. The number of carbonyl (C=O) groups is 1. The minimum atomic E-state index is -0.804. The molecule has 1 N–H and O–H groups in total. The second-order valence-electron chi connectivity index (χ2n) is 6.25. The van der Waals surface area contributed by atoms with Crippen molar-refractivity contribution in [1.29, 1.82) is 0 Å². The van der Waals surface area contributed by atoms with E-state index in [2.05, 4.69) is 5.32 Å². The molecule has 2 aliphatic rings. The van der Waals surface area contributed by atoms with E-state index in [0.29, 0.717) is 16.4 Å². The number of rotatable bonds is 6. The van der Waals surface area contributed by atoms with E-state index in [4.69, 9.17) is 33.3 Å². The van der Waals surface area contributed by atoms with Crippen LogP contribution in [0.1, 0.15) is 31.4 Å². The summed E-state index contributed by atoms with van der Waals surface area (Å²) in [5, 5.41) is 3.76. The minimum Gasteiger partial charge on any atom is -0.460 e. The summed E-state index contributed by atoms with van der Waals surface area (Å²) in [4.78, 5) is 14.7. The molecule has 0 saturated heterocycles. The molecule has 1 heterocycles. The zero-order chi connectivity index (χ0) is 18.8. The molecule has 0 amide bonds. The van der Waals surface area contributed by atoms with Crippen LogP contribution >= 0.6 is 23.8 Å². The predicted octanol–water partition coefficient (Wildman–Crippen LogP) is 3.34. The van der Waals surface area contributed by atoms with Gasteiger partial charge in [-0.3, -0.25) is 0 Å². The van der Waals surface area contributed by atoms with Crippen molar-refractivity contribution in [2.45, 2.75) is 31.8 Å². The van der Waals surface area contributed by atoms with Crippen molar-refractivity contribution in [2.24, 2.45) is 0 Å². The van der Waals surface area contributed by atoms with Crippen LogP contribution in [0.4, 0.5) is 4.39 Å². The number of ether oxygens (including phenoxy) is 2. The summed E-state index contributed by atoms with van der Waals surface area (Å²) in [5.41, 5.74) is 1.17. The quantitative estimate of drug-likeness (QED) is 0.450. The third-order valence-electron chi connectivity index (χ3n) is 4.47. The second kappa shape index (κ2) is 7.90. The molecule has 1 aliphatic heterocycles. The summed E-state index contributed by atoms with van der Waals surface area (Å²) in [6.45, 7) is 2.19. The first-order valence-corrected chi connectivity index (χ1v) is 9.14. The number of methoxy groups -OCH3 is 1. The van der Waals surface area contributed by atoms with Gasteiger partial charge in [0.25, 0.3) is 0 Å². The Hall–Kier alpha value is -1.70. The summed E-state index contributed by atoms with van der Waals surface area (Å²) < 4.78 is 24.8. The van der Waals surface area contributed by atoms with Crippen molar-refractivity contribution < 1.29 is 18.7 Å². The topological polar surface area (TPSA) is 50.8 Å². The molecule has 1 aliphatic carbocycles. The molecule has 8 heteroatoms. The van der Waals surface area contributed by atoms with Gasteiger partial charge in [0, 0.05) is 29.4 Å². The van der Waals surface area contributed by atoms with Crippen LogP contribution < -0.4 is 5.32 Å². The molecule has 0 unspecified atom stereocenters. The van der Waals surface area contributed by atoms with Gasteiger partial charge in [-0.15, -0.1) is 0 Å². The third kappa shape index (κ3) is 3.70. The highest BCUT2D eigenvalue weighted by Gasteiger charge is 2.42. The Morgan fingerprint density at radius 1 is 1.42 bits per heavy atom. The Kier molecular flexibility index (Phi) is 5.79. The molecule has 1 fully saturated rings. The van der Waals surface area contributed by atoms with Crippen molar-refractivity contribution >= 4 is 34.9 Å². The van der Waals surface area contributed by atoms with Crippen LogP contribution in [-0.2, 0) is 14.3 Å². The Bertz CT molecular complexity index is 747. The third-order valence-corrected chi connectivity index (χ3v) is 5.11. The van der Waals surface area contributed by atoms with Gasteiger partial charge >= 0.3 is 5.97 Å². The van der Waals surface area contributed by atoms with Gasteiger partial charge in [-0.25, -0.2) is 9.18 Å². The van der Waals surface area contributed by atoms with Crippen LogP contribution in [0, 0.1) is 5.82 Å². The number of esters is 1. The summed E-state index contributed by atoms with van der Waals surface area (Å²) in [5.74, 6) is -1.04. The standard InChI is InChI=1S/C18H20ClFN2O3S/c1-10-14(17(23)25-9-8-24-2)16(15-12(19)4-3-5-13(15)20)21-18(26)22(10)11-6-7-11/h3-5,11,16H,6-9H2,1-2H3,(H,21,26)/t16-/m0/s1. The zero-order valence-corrected chi connectivity index (χ0v) is 16.1. The van der Waals surface area contributed by atoms with Gasteiger partial charge in [-0.1, -0.05) is 17.7 Å². The van der Waals surface area contributed by atoms with Gasteiger partial charge in [0.15, 0.2) is 5.11 Å². The van der Waals surface area contributed by atoms with Gasteiger partial charge in [-0.2, -0.15) is 0 Å². The van der Waals surface area contributed by atoms with E-state index < -0.39 is 17.8 Å². The molecule has 26 heavy (non-hydrogen) atoms. The van der Waals surface area contributed by atoms with Crippen LogP contribution in [0.5, 0.6) is 0 Å². The number of halogens is 2. The molecular weight excluding hydrogens is 379 g/mol. The smallest absolute Gasteiger partial charge is 0.338 e. The van der Waals surface area contributed by atoms with Crippen molar-refractivity contribution in [2.75, 3.05) is 20.3 Å². The highest BCUT2D eigenvalue weighted by atomic mass is 35.5. The van der Waals surface area contributed by atoms with Gasteiger partial charge < -0.3 is 19.7 Å². The average Bonchev–Trinajstić information content (AvgIpc) is 3.39. The highest BCUT2D eigenvalue weighted by Crippen LogP contribution is 2.40. The van der Waals surface area contributed by atoms with Gasteiger partial charge in [0.1, 0.15) is 12.4 Å². The maximum atomic E-state index is 14.5. The lowest BCUT2D eigenvalue weighted by Crippen LogP contribution is -2.49. The first-order chi connectivity index (χ1) is 12.5. The normalized spacial score (nSPS) is 20.2. The van der Waals surface area contributed by atoms with Crippen LogP contribution in [0.3, 0.4) is 0 Å². The van der Waals surface area contributed by atoms with Crippen LogP contribution in [-0.4, -0.2) is 42.3 Å². The van der Waals surface area contributed by atoms with Gasteiger partial charge in [0.2, 0.25) is 0 Å². The van der Waals surface area contributed by atoms with E-state index in [1.54, 1.807) is 13.0 Å². The zero-order valence-electron chi connectivity index (χ0n) is 14.6. The molecule has 0 radical (unpaired) electrons. The summed E-state index contributed by atoms with van der Waals surface area (Å²) in [6.07, 6.45) is 1.99. The maximum absolute atomic E-state index is 14.5. The number of benzene rings is 1. The van der Waals surface area contributed by atoms with Crippen LogP contribution in [0.25, 0.3) is 0 Å². The van der Waals surface area contributed by atoms with Crippen molar-refractivity contribution in [3.05, 3.63) is 45.9 Å². The molecule has 0 bridgehead atoms. The number of hydrogen-bond donors (Lipinski definition) is 1. The molecule has 1 saturated carbocycles. The number of allylic oxidation sites excluding steroid dienone is 1. The molecule has 0 spiro atoms. The first-order valence-electron chi connectivity index (χ1n) is 8.36. The molecule has 1 atom stereocenters. The number of hydrogen-bond acceptors (Lipinski definition) is 4. The van der Waals surface area contributed by atoms with E-state index in [9.17, 15) is 9.18 Å². The van der Waals surface area contributed by atoms with E-state index >= 15 is 0 Å². The maximum Gasteiger partial charge on any atom is 0.338 e. The SMILES string of the molecule is COCCOC(=O)C1=C(C)N(C2CC2)C(=S)N[C@@H]1c1c(F)cccc1Cl. The van der Waals surface area contributed by atoms with E-state index in [1.807, 2.05) is 4.90 Å². The van der Waals surface area contributed by atoms with E-state index in [-0.39, 0.29) is 29.8 Å². The fourth-order valence-electron chi connectivity index (χ4n) is 3.09. The highest BCUT2D eigenvalue weighted by molar-refractivity contribution is 7.80. The molecule has 0 aromatic heterocycles. The van der Waals surface area contributed by atoms with E-state index in [1.165, 1.54) is 19.2 Å². The van der Waals surface area contributed by atoms with E-state index in [0.717, 1.165) is 12.8 Å². The Morgan fingerprint density at radius 2 is 2.15 bits per heavy atom. The summed E-state index contributed by atoms with van der Waals surface area (Å²) >= 11 is 11.7. The lowest BCUT2D eigenvalue weighted by Gasteiger charge is -2.38.